The molecule has 0 aliphatic carbocycles. The Morgan fingerprint density at radius 1 is 1.65 bits per heavy atom. The van der Waals surface area contributed by atoms with Crippen LogP contribution in [0.5, 0.6) is 0 Å². The summed E-state index contributed by atoms with van der Waals surface area (Å²) >= 11 is 0. The Balaban J connectivity index is 2.66. The highest BCUT2D eigenvalue weighted by atomic mass is 16.1. The Bertz CT molecular complexity index is 408. The van der Waals surface area contributed by atoms with Gasteiger partial charge in [0.25, 0.3) is 5.91 Å². The molecule has 0 spiro atoms. The van der Waals surface area contributed by atoms with Gasteiger partial charge in [0.1, 0.15) is 11.8 Å². The second kappa shape index (κ2) is 6.61. The van der Waals surface area contributed by atoms with Crippen LogP contribution in [-0.2, 0) is 0 Å². The van der Waals surface area contributed by atoms with Crippen LogP contribution in [0.4, 0.5) is 0 Å². The maximum atomic E-state index is 11.8. The third kappa shape index (κ3) is 3.85. The number of amides is 1. The molecule has 0 aliphatic rings. The van der Waals surface area contributed by atoms with E-state index in [1.54, 1.807) is 6.07 Å². The van der Waals surface area contributed by atoms with Crippen molar-refractivity contribution in [2.75, 3.05) is 6.54 Å². The third-order valence-corrected chi connectivity index (χ3v) is 2.38. The van der Waals surface area contributed by atoms with Crippen LogP contribution in [0.25, 0.3) is 0 Å². The topological polar surface area (TPSA) is 91.8 Å². The van der Waals surface area contributed by atoms with Crippen molar-refractivity contribution in [1.82, 2.24) is 10.3 Å². The van der Waals surface area contributed by atoms with Crippen LogP contribution in [0.1, 0.15) is 35.8 Å². The summed E-state index contributed by atoms with van der Waals surface area (Å²) in [5, 5.41) is 11.4. The molecule has 0 aliphatic heterocycles. The van der Waals surface area contributed by atoms with Gasteiger partial charge in [-0.15, -0.1) is 0 Å². The van der Waals surface area contributed by atoms with E-state index in [0.29, 0.717) is 17.8 Å². The number of aromatic nitrogens is 1. The Labute approximate surface area is 101 Å². The number of nitrogens with two attached hydrogens (primary N) is 1. The third-order valence-electron chi connectivity index (χ3n) is 2.38. The van der Waals surface area contributed by atoms with Crippen LogP contribution in [-0.4, -0.2) is 23.5 Å². The van der Waals surface area contributed by atoms with Gasteiger partial charge in [0, 0.05) is 18.8 Å². The van der Waals surface area contributed by atoms with Crippen LogP contribution in [0.15, 0.2) is 18.3 Å². The fourth-order valence-electron chi connectivity index (χ4n) is 1.45. The molecule has 5 nitrogen and oxygen atoms in total. The minimum atomic E-state index is -0.251. The minimum absolute atomic E-state index is 0.0232. The number of rotatable bonds is 5. The van der Waals surface area contributed by atoms with Gasteiger partial charge in [-0.05, 0) is 18.6 Å². The molecular formula is C12H16N4O. The Morgan fingerprint density at radius 3 is 2.88 bits per heavy atom. The highest BCUT2D eigenvalue weighted by molar-refractivity contribution is 5.92. The van der Waals surface area contributed by atoms with E-state index in [0.717, 1.165) is 12.8 Å². The van der Waals surface area contributed by atoms with Gasteiger partial charge in [-0.2, -0.15) is 5.26 Å². The van der Waals surface area contributed by atoms with Crippen molar-refractivity contribution < 1.29 is 4.79 Å². The van der Waals surface area contributed by atoms with Crippen molar-refractivity contribution in [3.05, 3.63) is 29.6 Å². The van der Waals surface area contributed by atoms with Crippen LogP contribution < -0.4 is 11.1 Å². The quantitative estimate of drug-likeness (QED) is 0.785. The molecule has 0 radical (unpaired) electrons. The van der Waals surface area contributed by atoms with Crippen molar-refractivity contribution in [1.29, 1.82) is 5.26 Å². The number of nitrogens with one attached hydrogen (secondary N) is 1. The number of carbonyl (C=O) groups is 1. The van der Waals surface area contributed by atoms with Gasteiger partial charge in [0.05, 0.1) is 5.56 Å². The SMILES string of the molecule is CCCC(CN)NC(=O)c1ccc(C#N)cn1. The smallest absolute Gasteiger partial charge is 0.270 e. The number of hydrogen-bond acceptors (Lipinski definition) is 4. The molecule has 1 aromatic heterocycles. The molecule has 0 bridgehead atoms. The number of carbonyl (C=O) groups excluding carboxylic acids is 1. The molecule has 1 amide bonds. The molecule has 90 valence electrons. The number of hydrogen-bond donors (Lipinski definition) is 2. The highest BCUT2D eigenvalue weighted by Crippen LogP contribution is 2.01. The first kappa shape index (κ1) is 13.1. The van der Waals surface area contributed by atoms with Crippen LogP contribution >= 0.6 is 0 Å². The molecule has 0 saturated heterocycles. The average molecular weight is 232 g/mol. The molecule has 0 saturated carbocycles. The summed E-state index contributed by atoms with van der Waals surface area (Å²) in [6.07, 6.45) is 3.19. The fourth-order valence-corrected chi connectivity index (χ4v) is 1.45. The monoisotopic (exact) mass is 232 g/mol. The van der Waals surface area contributed by atoms with Crippen molar-refractivity contribution in [3.63, 3.8) is 0 Å². The van der Waals surface area contributed by atoms with Crippen molar-refractivity contribution in [2.24, 2.45) is 5.73 Å². The average Bonchev–Trinajstić information content (AvgIpc) is 2.38. The zero-order valence-electron chi connectivity index (χ0n) is 9.81. The zero-order valence-corrected chi connectivity index (χ0v) is 9.81. The summed E-state index contributed by atoms with van der Waals surface area (Å²) in [6.45, 7) is 2.45. The predicted molar refractivity (Wildman–Crippen MR) is 64.2 cm³/mol. The van der Waals surface area contributed by atoms with E-state index >= 15 is 0 Å². The normalized spacial score (nSPS) is 11.6. The van der Waals surface area contributed by atoms with Crippen molar-refractivity contribution >= 4 is 5.91 Å². The molecule has 3 N–H and O–H groups in total. The second-order valence-electron chi connectivity index (χ2n) is 3.74. The Hall–Kier alpha value is -1.93. The van der Waals surface area contributed by atoms with Crippen molar-refractivity contribution in [2.45, 2.75) is 25.8 Å². The zero-order chi connectivity index (χ0) is 12.7. The van der Waals surface area contributed by atoms with Crippen molar-refractivity contribution in [3.8, 4) is 6.07 Å². The van der Waals surface area contributed by atoms with E-state index in [4.69, 9.17) is 11.0 Å². The largest absolute Gasteiger partial charge is 0.347 e. The van der Waals surface area contributed by atoms with Gasteiger partial charge in [-0.25, -0.2) is 4.98 Å². The molecule has 5 heteroatoms. The first-order valence-corrected chi connectivity index (χ1v) is 5.58. The summed E-state index contributed by atoms with van der Waals surface area (Å²) in [4.78, 5) is 15.7. The fraction of sp³-hybridized carbons (Fsp3) is 0.417. The molecule has 0 fully saturated rings. The first-order valence-electron chi connectivity index (χ1n) is 5.58. The Kier molecular flexibility index (Phi) is 5.11. The van der Waals surface area contributed by atoms with E-state index in [2.05, 4.69) is 10.3 Å². The van der Waals surface area contributed by atoms with E-state index in [1.807, 2.05) is 13.0 Å². The summed E-state index contributed by atoms with van der Waals surface area (Å²) < 4.78 is 0. The highest BCUT2D eigenvalue weighted by Gasteiger charge is 2.12. The number of nitriles is 1. The molecule has 1 unspecified atom stereocenters. The maximum absolute atomic E-state index is 11.8. The molecule has 1 rings (SSSR count). The summed E-state index contributed by atoms with van der Waals surface area (Å²) in [5.41, 5.74) is 6.29. The summed E-state index contributed by atoms with van der Waals surface area (Å²) in [6, 6.07) is 5.03. The van der Waals surface area contributed by atoms with Gasteiger partial charge >= 0.3 is 0 Å². The van der Waals surface area contributed by atoms with Crippen LogP contribution in [0.3, 0.4) is 0 Å². The predicted octanol–water partition coefficient (Wildman–Crippen LogP) is 0.810. The molecule has 1 atom stereocenters. The van der Waals surface area contributed by atoms with Crippen LogP contribution in [0.2, 0.25) is 0 Å². The number of pyridine rings is 1. The molecular weight excluding hydrogens is 216 g/mol. The lowest BCUT2D eigenvalue weighted by Crippen LogP contribution is -2.40. The van der Waals surface area contributed by atoms with Gasteiger partial charge in [-0.1, -0.05) is 13.3 Å². The van der Waals surface area contributed by atoms with Gasteiger partial charge in [0.15, 0.2) is 0 Å². The van der Waals surface area contributed by atoms with Gasteiger partial charge in [-0.3, -0.25) is 4.79 Å². The van der Waals surface area contributed by atoms with E-state index in [9.17, 15) is 4.79 Å². The lowest BCUT2D eigenvalue weighted by molar-refractivity contribution is 0.0931. The summed E-state index contributed by atoms with van der Waals surface area (Å²) in [5.74, 6) is -0.251. The van der Waals surface area contributed by atoms with Gasteiger partial charge in [0.2, 0.25) is 0 Å². The van der Waals surface area contributed by atoms with E-state index in [1.165, 1.54) is 12.3 Å². The molecule has 1 heterocycles. The van der Waals surface area contributed by atoms with E-state index in [-0.39, 0.29) is 11.9 Å². The summed E-state index contributed by atoms with van der Waals surface area (Å²) in [7, 11) is 0. The molecule has 1 aromatic rings. The molecule has 17 heavy (non-hydrogen) atoms. The lowest BCUT2D eigenvalue weighted by Gasteiger charge is -2.15. The maximum Gasteiger partial charge on any atom is 0.270 e. The van der Waals surface area contributed by atoms with E-state index < -0.39 is 0 Å². The lowest BCUT2D eigenvalue weighted by atomic mass is 10.1. The second-order valence-corrected chi connectivity index (χ2v) is 3.74. The Morgan fingerprint density at radius 2 is 2.41 bits per heavy atom. The minimum Gasteiger partial charge on any atom is -0.347 e. The van der Waals surface area contributed by atoms with Crippen LogP contribution in [0, 0.1) is 11.3 Å². The number of nitrogens with zero attached hydrogens (tertiary/aromatic N) is 2. The first-order chi connectivity index (χ1) is 8.21. The standard InChI is InChI=1S/C12H16N4O/c1-2-3-10(7-14)16-12(17)11-5-4-9(6-13)8-15-11/h4-5,8,10H,2-3,7,14H2,1H3,(H,16,17). The molecule has 0 aromatic carbocycles. The van der Waals surface area contributed by atoms with Gasteiger partial charge < -0.3 is 11.1 Å².